The number of nitrogens with one attached hydrogen (secondary N) is 1. The van der Waals surface area contributed by atoms with Gasteiger partial charge in [-0.1, -0.05) is 11.8 Å². The van der Waals surface area contributed by atoms with Crippen LogP contribution in [0.25, 0.3) is 5.69 Å². The van der Waals surface area contributed by atoms with Crippen molar-refractivity contribution in [1.82, 2.24) is 14.5 Å². The third-order valence-electron chi connectivity index (χ3n) is 6.01. The second-order valence-electron chi connectivity index (χ2n) is 8.07. The number of carbonyl (C=O) groups excluding carboxylic acids is 2. The predicted octanol–water partition coefficient (Wildman–Crippen LogP) is 3.95. The van der Waals surface area contributed by atoms with Gasteiger partial charge in [0.05, 0.1) is 6.20 Å². The number of piperidine rings is 1. The molecule has 176 valence electrons. The standard InChI is InChI=1S/C24H23FN4O4S/c1-34-24-26-13-19(29(24)18-5-2-16(25)3-6-18)23(31)28-10-8-15(9-11-28)22(30)27-17-4-7-20-21(12-17)33-14-32-20/h2-7,12-13,15H,8-11,14H2,1H3,(H,27,30). The van der Waals surface area contributed by atoms with Crippen LogP contribution in [0.4, 0.5) is 10.1 Å². The van der Waals surface area contributed by atoms with Crippen LogP contribution >= 0.6 is 11.8 Å². The summed E-state index contributed by atoms with van der Waals surface area (Å²) in [5, 5.41) is 3.58. The Morgan fingerprint density at radius 1 is 1.09 bits per heavy atom. The minimum absolute atomic E-state index is 0.0769. The smallest absolute Gasteiger partial charge is 0.272 e. The molecule has 34 heavy (non-hydrogen) atoms. The summed E-state index contributed by atoms with van der Waals surface area (Å²) in [5.74, 6) is 0.496. The topological polar surface area (TPSA) is 85.7 Å². The number of rotatable bonds is 5. The highest BCUT2D eigenvalue weighted by Gasteiger charge is 2.30. The quantitative estimate of drug-likeness (QED) is 0.555. The van der Waals surface area contributed by atoms with Crippen LogP contribution in [0.1, 0.15) is 23.3 Å². The van der Waals surface area contributed by atoms with Crippen LogP contribution in [0.5, 0.6) is 11.5 Å². The van der Waals surface area contributed by atoms with Gasteiger partial charge in [-0.15, -0.1) is 0 Å². The van der Waals surface area contributed by atoms with Gasteiger partial charge in [-0.25, -0.2) is 9.37 Å². The molecule has 2 amide bonds. The second-order valence-corrected chi connectivity index (χ2v) is 8.84. The lowest BCUT2D eigenvalue weighted by molar-refractivity contribution is -0.121. The number of aromatic nitrogens is 2. The van der Waals surface area contributed by atoms with Gasteiger partial charge < -0.3 is 19.7 Å². The molecule has 0 aliphatic carbocycles. The van der Waals surface area contributed by atoms with Crippen molar-refractivity contribution in [2.24, 2.45) is 5.92 Å². The van der Waals surface area contributed by atoms with Gasteiger partial charge in [0.25, 0.3) is 5.91 Å². The van der Waals surface area contributed by atoms with Gasteiger partial charge in [-0.2, -0.15) is 0 Å². The lowest BCUT2D eigenvalue weighted by Gasteiger charge is -2.31. The molecule has 1 fully saturated rings. The third-order valence-corrected chi connectivity index (χ3v) is 6.66. The lowest BCUT2D eigenvalue weighted by atomic mass is 9.95. The summed E-state index contributed by atoms with van der Waals surface area (Å²) in [6, 6.07) is 11.3. The minimum Gasteiger partial charge on any atom is -0.454 e. The average Bonchev–Trinajstić information content (AvgIpc) is 3.51. The molecule has 0 saturated carbocycles. The number of benzene rings is 2. The van der Waals surface area contributed by atoms with Crippen molar-refractivity contribution in [3.8, 4) is 17.2 Å². The molecule has 2 aromatic carbocycles. The molecule has 0 atom stereocenters. The number of hydrogen-bond acceptors (Lipinski definition) is 6. The maximum Gasteiger partial charge on any atom is 0.272 e. The van der Waals surface area contributed by atoms with E-state index in [1.165, 1.54) is 23.9 Å². The number of amides is 2. The number of thioether (sulfide) groups is 1. The predicted molar refractivity (Wildman–Crippen MR) is 125 cm³/mol. The first kappa shape index (κ1) is 22.3. The molecule has 1 saturated heterocycles. The van der Waals surface area contributed by atoms with E-state index in [-0.39, 0.29) is 30.3 Å². The fourth-order valence-corrected chi connectivity index (χ4v) is 4.74. The minimum atomic E-state index is -0.344. The van der Waals surface area contributed by atoms with Crippen LogP contribution in [0.3, 0.4) is 0 Å². The van der Waals surface area contributed by atoms with Gasteiger partial charge in [-0.05, 0) is 55.5 Å². The molecule has 0 radical (unpaired) electrons. The van der Waals surface area contributed by atoms with Crippen molar-refractivity contribution < 1.29 is 23.5 Å². The molecule has 2 aliphatic heterocycles. The molecule has 0 spiro atoms. The van der Waals surface area contributed by atoms with Crippen LogP contribution < -0.4 is 14.8 Å². The summed E-state index contributed by atoms with van der Waals surface area (Å²) in [5.41, 5.74) is 1.74. The Labute approximate surface area is 200 Å². The Kier molecular flexibility index (Phi) is 6.14. The third kappa shape index (κ3) is 4.33. The highest BCUT2D eigenvalue weighted by atomic mass is 32.2. The molecule has 1 aromatic heterocycles. The van der Waals surface area contributed by atoms with E-state index in [0.717, 1.165) is 0 Å². The summed E-state index contributed by atoms with van der Waals surface area (Å²) in [6.45, 7) is 1.10. The summed E-state index contributed by atoms with van der Waals surface area (Å²) in [7, 11) is 0. The van der Waals surface area contributed by atoms with Crippen LogP contribution in [-0.4, -0.2) is 52.4 Å². The molecule has 5 rings (SSSR count). The number of carbonyl (C=O) groups is 2. The molecule has 1 N–H and O–H groups in total. The van der Waals surface area contributed by atoms with Crippen LogP contribution in [0.15, 0.2) is 53.8 Å². The first-order chi connectivity index (χ1) is 16.5. The number of imidazole rings is 1. The number of anilines is 1. The Balaban J connectivity index is 1.24. The number of halogens is 1. The zero-order valence-corrected chi connectivity index (χ0v) is 19.3. The van der Waals surface area contributed by atoms with Crippen molar-refractivity contribution in [3.05, 3.63) is 60.2 Å². The van der Waals surface area contributed by atoms with E-state index < -0.39 is 0 Å². The second kappa shape index (κ2) is 9.38. The van der Waals surface area contributed by atoms with E-state index in [4.69, 9.17) is 9.47 Å². The van der Waals surface area contributed by atoms with Crippen LogP contribution in [-0.2, 0) is 4.79 Å². The Morgan fingerprint density at radius 3 is 2.56 bits per heavy atom. The first-order valence-electron chi connectivity index (χ1n) is 10.9. The first-order valence-corrected chi connectivity index (χ1v) is 12.1. The Bertz CT molecular complexity index is 1220. The highest BCUT2D eigenvalue weighted by molar-refractivity contribution is 7.98. The largest absolute Gasteiger partial charge is 0.454 e. The SMILES string of the molecule is CSc1ncc(C(=O)N2CCC(C(=O)Nc3ccc4c(c3)OCO4)CC2)n1-c1ccc(F)cc1. The molecule has 10 heteroatoms. The molecular formula is C24H23FN4O4S. The van der Waals surface area contributed by atoms with Gasteiger partial charge in [0.15, 0.2) is 16.7 Å². The van der Waals surface area contributed by atoms with Gasteiger partial charge in [0, 0.05) is 36.4 Å². The van der Waals surface area contributed by atoms with Crippen LogP contribution in [0.2, 0.25) is 0 Å². The molecule has 8 nitrogen and oxygen atoms in total. The highest BCUT2D eigenvalue weighted by Crippen LogP contribution is 2.34. The average molecular weight is 483 g/mol. The number of ether oxygens (including phenoxy) is 2. The van der Waals surface area contributed by atoms with Crippen molar-refractivity contribution in [2.45, 2.75) is 18.0 Å². The van der Waals surface area contributed by atoms with Crippen molar-refractivity contribution >= 4 is 29.3 Å². The molecule has 0 bridgehead atoms. The van der Waals surface area contributed by atoms with E-state index >= 15 is 0 Å². The zero-order valence-electron chi connectivity index (χ0n) is 18.5. The van der Waals surface area contributed by atoms with Crippen molar-refractivity contribution in [2.75, 3.05) is 31.5 Å². The van der Waals surface area contributed by atoms with Gasteiger partial charge in [-0.3, -0.25) is 14.2 Å². The maximum atomic E-state index is 13.4. The summed E-state index contributed by atoms with van der Waals surface area (Å²) in [6.07, 6.45) is 4.54. The van der Waals surface area contributed by atoms with E-state index in [9.17, 15) is 14.0 Å². The van der Waals surface area contributed by atoms with Gasteiger partial charge in [0.2, 0.25) is 12.7 Å². The summed E-state index contributed by atoms with van der Waals surface area (Å²) >= 11 is 1.41. The molecule has 3 aromatic rings. The zero-order chi connectivity index (χ0) is 23.7. The molecule has 2 aliphatic rings. The van der Waals surface area contributed by atoms with Crippen molar-refractivity contribution in [3.63, 3.8) is 0 Å². The Hall–Kier alpha value is -3.53. The van der Waals surface area contributed by atoms with E-state index in [2.05, 4.69) is 10.3 Å². The van der Waals surface area contributed by atoms with E-state index in [1.54, 1.807) is 46.0 Å². The number of likely N-dealkylation sites (tertiary alicyclic amines) is 1. The summed E-state index contributed by atoms with van der Waals surface area (Å²) in [4.78, 5) is 32.2. The number of nitrogens with zero attached hydrogens (tertiary/aromatic N) is 3. The number of fused-ring (bicyclic) bond motifs is 1. The fraction of sp³-hybridized carbons (Fsp3) is 0.292. The lowest BCUT2D eigenvalue weighted by Crippen LogP contribution is -2.42. The molecule has 0 unspecified atom stereocenters. The van der Waals surface area contributed by atoms with E-state index in [1.807, 2.05) is 6.26 Å². The number of hydrogen-bond donors (Lipinski definition) is 1. The Morgan fingerprint density at radius 2 is 1.82 bits per heavy atom. The van der Waals surface area contributed by atoms with Gasteiger partial charge >= 0.3 is 0 Å². The monoisotopic (exact) mass is 482 g/mol. The molecule has 3 heterocycles. The maximum absolute atomic E-state index is 13.4. The fourth-order valence-electron chi connectivity index (χ4n) is 4.19. The van der Waals surface area contributed by atoms with Gasteiger partial charge in [0.1, 0.15) is 11.5 Å². The van der Waals surface area contributed by atoms with E-state index in [0.29, 0.717) is 59.7 Å². The van der Waals surface area contributed by atoms with Crippen molar-refractivity contribution in [1.29, 1.82) is 0 Å². The molecular weight excluding hydrogens is 459 g/mol. The van der Waals surface area contributed by atoms with Crippen LogP contribution in [0, 0.1) is 11.7 Å². The summed E-state index contributed by atoms with van der Waals surface area (Å²) < 4.78 is 25.8. The normalized spacial score (nSPS) is 15.4.